The standard InChI is InChI=1S/2C32H16N8.C12H17N7O8S3.CH5NO2S.4CH4O3S.2CH4.2Cu/c2*1-2-10-18-17(9-1)25-33-26(18)38-28-21-13-5-6-14-22(21)30(35-28)40-32-24-16-8-7-15-23(24)31(36-32)39-29-20-12-4-3-11-19(20)27(34-29)37-25;1-29(21,22)15-5-4-14-11-17-10(13)18-12(19-11)16-8-6-7(30(23,24)25)2-3-9(8)28-27-26-20;3*1-5(2,3)4;2*1-5-4-3-2;;;;/h2*1-16H;2-3,6,15,20H,4-5H2,1H3,(H,23,24,25)(H4,13,14,16,17,18,19);1H3,(H2,2,3,4);2*1H3,(H,2,3,4);2*2H,1H3;2*1H4;;/q2*-2;;;;;;;;;2*+2. The van der Waals surface area contributed by atoms with Crippen LogP contribution in [0.3, 0.4) is 0 Å². The number of primary sulfonamides is 1. The van der Waals surface area contributed by atoms with Crippen LogP contribution < -0.4 is 46.2 Å². The van der Waals surface area contributed by atoms with Crippen molar-refractivity contribution < 1.29 is 134 Å². The number of hydrogen-bond acceptors (Lipinski definition) is 40. The van der Waals surface area contributed by atoms with Gasteiger partial charge in [-0.05, 0) is 61.3 Å². The van der Waals surface area contributed by atoms with Crippen LogP contribution in [0.1, 0.15) is 14.9 Å². The van der Waals surface area contributed by atoms with Crippen LogP contribution in [-0.2, 0) is 113 Å². The van der Waals surface area contributed by atoms with Gasteiger partial charge >= 0.3 is 34.1 Å². The maximum absolute atomic E-state index is 11.4. The smallest absolute Gasteiger partial charge is 0.368 e. The largest absolute Gasteiger partial charge is 2.00 e. The Kier molecular flexibility index (Phi) is 38.6. The quantitative estimate of drug-likeness (QED) is 0.0113. The summed E-state index contributed by atoms with van der Waals surface area (Å²) in [6.45, 7) is 0.194. The molecule has 0 fully saturated rings. The Labute approximate surface area is 825 Å². The summed E-state index contributed by atoms with van der Waals surface area (Å²) in [6.07, 6.45) is 6.62. The van der Waals surface area contributed by atoms with Gasteiger partial charge in [0.05, 0.1) is 99.1 Å². The first-order valence-electron chi connectivity index (χ1n) is 38.2. The van der Waals surface area contributed by atoms with Crippen molar-refractivity contribution in [1.82, 2.24) is 99.4 Å². The summed E-state index contributed by atoms with van der Waals surface area (Å²) in [4.78, 5) is 90.1. The molecule has 0 aliphatic carbocycles. The van der Waals surface area contributed by atoms with E-state index in [-0.39, 0.29) is 90.5 Å². The summed E-state index contributed by atoms with van der Waals surface area (Å²) in [7, 11) is -18.4. The molecular formula is C83H78Cu2N24O22S8. The fourth-order valence-corrected chi connectivity index (χ4v) is 14.5. The molecule has 0 saturated carbocycles. The molecule has 11 heterocycles. The molecule has 0 saturated heterocycles. The third kappa shape index (κ3) is 29.5. The summed E-state index contributed by atoms with van der Waals surface area (Å²) in [6, 6.07) is 67.1. The second-order valence-corrected chi connectivity index (χ2v) is 37.2. The molecule has 9 aromatic carbocycles. The molecule has 4 aliphatic heterocycles. The molecule has 20 rings (SSSR count). The van der Waals surface area contributed by atoms with Gasteiger partial charge < -0.3 is 76.2 Å². The van der Waals surface area contributed by atoms with E-state index in [9.17, 15) is 46.6 Å². The van der Waals surface area contributed by atoms with Crippen molar-refractivity contribution in [2.75, 3.05) is 67.0 Å². The Bertz CT molecular complexity index is 7080. The number of anilines is 4. The van der Waals surface area contributed by atoms with Gasteiger partial charge in [-0.2, -0.15) is 40.2 Å². The normalized spacial score (nSPS) is 11.3. The Balaban J connectivity index is 0.000000206. The molecule has 16 aromatic rings. The number of nitrogens with zero attached hydrogens (tertiary/aromatic N) is 19. The maximum Gasteiger partial charge on any atom is 2.00 e. The van der Waals surface area contributed by atoms with Crippen LogP contribution in [-0.4, -0.2) is 197 Å². The van der Waals surface area contributed by atoms with Crippen molar-refractivity contribution >= 4 is 198 Å². The van der Waals surface area contributed by atoms with Gasteiger partial charge in [0.2, 0.25) is 37.9 Å². The van der Waals surface area contributed by atoms with Crippen LogP contribution in [0.5, 0.6) is 0 Å². The number of aromatic nitrogens is 19. The molecule has 56 heteroatoms. The predicted molar refractivity (Wildman–Crippen MR) is 518 cm³/mol. The summed E-state index contributed by atoms with van der Waals surface area (Å²) in [5.74, 6) is 4.12. The van der Waals surface area contributed by atoms with Gasteiger partial charge in [0.1, 0.15) is 0 Å². The van der Waals surface area contributed by atoms with Crippen LogP contribution in [0.2, 0.25) is 0 Å². The van der Waals surface area contributed by atoms with Gasteiger partial charge in [0.25, 0.3) is 30.4 Å². The number of nitrogens with two attached hydrogens (primary N) is 2. The molecule has 0 atom stereocenters. The van der Waals surface area contributed by atoms with Gasteiger partial charge in [-0.1, -0.05) is 224 Å². The minimum absolute atomic E-state index is 0. The maximum atomic E-state index is 11.4. The molecule has 2 radical (unpaired) electrons. The fourth-order valence-electron chi connectivity index (χ4n) is 12.9. The average Bonchev–Trinajstić information content (AvgIpc) is 1.60. The minimum atomic E-state index is -4.52. The summed E-state index contributed by atoms with van der Waals surface area (Å²) in [5.41, 5.74) is 17.3. The zero-order chi connectivity index (χ0) is 96.5. The van der Waals surface area contributed by atoms with E-state index in [1.165, 1.54) is 6.07 Å². The average molecular weight is 2150 g/mol. The Morgan fingerprint density at radius 2 is 0.583 bits per heavy atom. The molecule has 139 heavy (non-hydrogen) atoms. The monoisotopic (exact) mass is 2140 g/mol. The first-order chi connectivity index (χ1) is 64.4. The first-order valence-corrected chi connectivity index (χ1v) is 50.2. The molecule has 13 N–H and O–H groups in total. The summed E-state index contributed by atoms with van der Waals surface area (Å²) >= 11 is 2.38. The summed E-state index contributed by atoms with van der Waals surface area (Å²) < 4.78 is 139. The van der Waals surface area contributed by atoms with E-state index >= 15 is 0 Å². The molecule has 732 valence electrons. The van der Waals surface area contributed by atoms with Crippen LogP contribution in [0, 0.1) is 0 Å². The van der Waals surface area contributed by atoms with E-state index < -0.39 is 55.3 Å². The van der Waals surface area contributed by atoms with E-state index in [4.69, 9.17) is 110 Å². The molecule has 46 nitrogen and oxygen atoms in total. The molecule has 7 aromatic heterocycles. The zero-order valence-electron chi connectivity index (χ0n) is 70.9. The van der Waals surface area contributed by atoms with E-state index in [0.717, 1.165) is 136 Å². The predicted octanol–water partition coefficient (Wildman–Crippen LogP) is 12.6. The second kappa shape index (κ2) is 48.8. The van der Waals surface area contributed by atoms with Crippen LogP contribution in [0.15, 0.2) is 222 Å². The molecule has 4 aliphatic rings. The van der Waals surface area contributed by atoms with E-state index in [1.807, 2.05) is 194 Å². The zero-order valence-corrected chi connectivity index (χ0v) is 79.3. The first kappa shape index (κ1) is 110. The number of sulfonamides is 2. The Morgan fingerprint density at radius 3 is 0.799 bits per heavy atom. The molecular weight excluding hydrogens is 2070 g/mol. The van der Waals surface area contributed by atoms with Gasteiger partial charge in [0.15, 0.2) is 0 Å². The van der Waals surface area contributed by atoms with Gasteiger partial charge in [-0.25, -0.2) is 62.4 Å². The molecule has 0 unspecified atom stereocenters. The van der Waals surface area contributed by atoms with Crippen molar-refractivity contribution in [2.24, 2.45) is 5.14 Å². The number of hydrogen-bond donors (Lipinski definition) is 11. The van der Waals surface area contributed by atoms with Gasteiger partial charge in [-0.3, -0.25) is 13.7 Å². The molecule has 0 amide bonds. The Hall–Kier alpha value is -12.6. The van der Waals surface area contributed by atoms with Crippen LogP contribution in [0.25, 0.3) is 179 Å². The number of fused-ring (bicyclic) bond motifs is 40. The molecule has 0 spiro atoms. The van der Waals surface area contributed by atoms with Crippen molar-refractivity contribution in [1.29, 1.82) is 0 Å². The number of rotatable bonds is 15. The third-order valence-corrected chi connectivity index (χ3v) is 20.6. The number of nitrogens with one attached hydrogen (secondary N) is 3. The second-order valence-electron chi connectivity index (χ2n) is 27.7. The Morgan fingerprint density at radius 1 is 0.345 bits per heavy atom. The minimum Gasteiger partial charge on any atom is -0.368 e. The summed E-state index contributed by atoms with van der Waals surface area (Å²) in [5, 5.41) is 49.7. The van der Waals surface area contributed by atoms with Gasteiger partial charge in [-0.15, -0.1) is 13.0 Å². The van der Waals surface area contributed by atoms with E-state index in [0.29, 0.717) is 116 Å². The fraction of sp³-hybridized carbons (Fsp3) is 0.120. The van der Waals surface area contributed by atoms with Crippen LogP contribution in [0.4, 0.5) is 23.5 Å². The number of nitrogen functional groups attached to an aromatic ring is 1. The topological polar surface area (TPSA) is 685 Å². The van der Waals surface area contributed by atoms with Crippen molar-refractivity contribution in [2.45, 2.75) is 24.6 Å². The van der Waals surface area contributed by atoms with Crippen molar-refractivity contribution in [3.05, 3.63) is 212 Å². The van der Waals surface area contributed by atoms with Gasteiger partial charge in [0, 0.05) is 139 Å². The van der Waals surface area contributed by atoms with Crippen molar-refractivity contribution in [3.8, 4) is 91.1 Å². The molecule has 16 bridgehead atoms. The van der Waals surface area contributed by atoms with Crippen LogP contribution >= 0.6 is 36.1 Å². The van der Waals surface area contributed by atoms with Crippen molar-refractivity contribution in [3.63, 3.8) is 0 Å². The van der Waals surface area contributed by atoms with E-state index in [2.05, 4.69) is 63.6 Å². The number of benzene rings is 9. The van der Waals surface area contributed by atoms with E-state index in [1.54, 1.807) is 12.5 Å². The SMILES string of the molecule is C.C.CS(=O)(=O)NCCNc1nc(N)nc(Nc2cc(S(=O)(=O)O)ccc2SOOO)n1.CS(=O)(=O)O.CS(=O)(=O)O.CS(N)(=O)=O.CSOOO.CSOOO.[Cu+2].[Cu+2].c1ccc2c(c1)-c1nc-2nc2[n-]c(nc3nc(nc4[n-]c(n1)c1ccccc41)-c1ccccc1-3)c1ccccc21.c1ccc2c(c1)-c1nc-2nc2[n-]c(nc3nc(nc4[n-]c(n1)c1ccccc41)-c1ccccc1-3)c1ccccc21. The third-order valence-electron chi connectivity index (χ3n) is 17.9.